The maximum absolute atomic E-state index is 10.9. The van der Waals surface area contributed by atoms with Crippen molar-refractivity contribution >= 4 is 24.7 Å². The number of hydrogen-bond acceptors (Lipinski definition) is 14. The van der Waals surface area contributed by atoms with Crippen molar-refractivity contribution in [1.82, 2.24) is 0 Å². The van der Waals surface area contributed by atoms with Crippen molar-refractivity contribution < 1.29 is 66.1 Å². The molecule has 0 N–H and O–H groups in total. The maximum atomic E-state index is 10.9. The van der Waals surface area contributed by atoms with Crippen LogP contribution in [0.1, 0.15) is 20.8 Å². The number of hydrogen-bond donors (Lipinski definition) is 0. The van der Waals surface area contributed by atoms with Crippen LogP contribution < -0.4 is 10.4 Å². The molecule has 2 aromatic carbocycles. The molecule has 2 aromatic rings. The predicted molar refractivity (Wildman–Crippen MR) is 224 cm³/mol. The predicted octanol–water partition coefficient (Wildman–Crippen LogP) is 3.47. The third-order valence-corrected chi connectivity index (χ3v) is 13.4. The van der Waals surface area contributed by atoms with Crippen LogP contribution in [0.5, 0.6) is 0 Å². The van der Waals surface area contributed by atoms with Gasteiger partial charge in [0.25, 0.3) is 8.32 Å². The van der Waals surface area contributed by atoms with Gasteiger partial charge in [0.05, 0.1) is 152 Å². The molecule has 0 aliphatic heterocycles. The Morgan fingerprint density at radius 1 is 0.431 bits per heavy atom. The Morgan fingerprint density at radius 3 is 0.914 bits per heavy atom. The first-order valence-electron chi connectivity index (χ1n) is 20.3. The standard InChI is InChI=1S/C43H70O14Si/c1-5-42(44)56-38-36-54-34-32-52-30-28-50-26-24-48-22-20-46-18-16-45-17-19-47-21-23-49-25-27-51-29-31-53-33-35-55-37-39-57-58(43(2,3)4,40-12-8-6-9-13-40)41-14-10-7-11-15-41/h5-15H,1,16-39H2,2-4H3. The lowest BCUT2D eigenvalue weighted by Gasteiger charge is -2.43. The van der Waals surface area contributed by atoms with Crippen molar-refractivity contribution in [3.8, 4) is 0 Å². The van der Waals surface area contributed by atoms with E-state index in [1.165, 1.54) is 10.4 Å². The van der Waals surface area contributed by atoms with Gasteiger partial charge in [0.15, 0.2) is 0 Å². The summed E-state index contributed by atoms with van der Waals surface area (Å²) in [5.41, 5.74) is 0. The molecule has 0 aliphatic rings. The third-order valence-electron chi connectivity index (χ3n) is 8.32. The van der Waals surface area contributed by atoms with Crippen LogP contribution in [-0.2, 0) is 66.1 Å². The monoisotopic (exact) mass is 838 g/mol. The minimum atomic E-state index is -2.55. The average molecular weight is 839 g/mol. The van der Waals surface area contributed by atoms with Crippen LogP contribution in [0.4, 0.5) is 0 Å². The number of carbonyl (C=O) groups excluding carboxylic acids is 1. The smallest absolute Gasteiger partial charge is 0.330 e. The molecule has 0 radical (unpaired) electrons. The van der Waals surface area contributed by atoms with Crippen LogP contribution in [-0.4, -0.2) is 173 Å². The van der Waals surface area contributed by atoms with E-state index in [-0.39, 0.29) is 11.6 Å². The van der Waals surface area contributed by atoms with Gasteiger partial charge in [-0.15, -0.1) is 0 Å². The van der Waals surface area contributed by atoms with Gasteiger partial charge >= 0.3 is 5.97 Å². The fourth-order valence-corrected chi connectivity index (χ4v) is 10.1. The molecule has 0 fully saturated rings. The fraction of sp³-hybridized carbons (Fsp3) is 0.651. The summed E-state index contributed by atoms with van der Waals surface area (Å²) >= 11 is 0. The Morgan fingerprint density at radius 2 is 0.672 bits per heavy atom. The topological polar surface area (TPSA) is 137 Å². The first kappa shape index (κ1) is 51.5. The summed E-state index contributed by atoms with van der Waals surface area (Å²) in [4.78, 5) is 10.9. The van der Waals surface area contributed by atoms with Crippen molar-refractivity contribution in [3.05, 3.63) is 73.3 Å². The molecular weight excluding hydrogens is 769 g/mol. The van der Waals surface area contributed by atoms with Crippen LogP contribution in [0, 0.1) is 0 Å². The van der Waals surface area contributed by atoms with Crippen molar-refractivity contribution in [2.45, 2.75) is 25.8 Å². The Balaban J connectivity index is 1.27. The van der Waals surface area contributed by atoms with Crippen molar-refractivity contribution in [2.24, 2.45) is 0 Å². The lowest BCUT2D eigenvalue weighted by molar-refractivity contribution is -0.139. The molecule has 0 unspecified atom stereocenters. The molecule has 0 bridgehead atoms. The normalized spacial score (nSPS) is 11.9. The van der Waals surface area contributed by atoms with Crippen molar-refractivity contribution in [1.29, 1.82) is 0 Å². The third kappa shape index (κ3) is 24.5. The lowest BCUT2D eigenvalue weighted by Crippen LogP contribution is -2.66. The van der Waals surface area contributed by atoms with Gasteiger partial charge < -0.3 is 61.3 Å². The highest BCUT2D eigenvalue weighted by Gasteiger charge is 2.50. The summed E-state index contributed by atoms with van der Waals surface area (Å²) < 4.78 is 72.4. The maximum Gasteiger partial charge on any atom is 0.330 e. The second kappa shape index (κ2) is 35.2. The first-order chi connectivity index (χ1) is 28.4. The van der Waals surface area contributed by atoms with E-state index in [1.807, 2.05) is 0 Å². The molecule has 330 valence electrons. The lowest BCUT2D eigenvalue weighted by atomic mass is 10.2. The Kier molecular flexibility index (Phi) is 31.2. The van der Waals surface area contributed by atoms with Crippen LogP contribution >= 0.6 is 0 Å². The van der Waals surface area contributed by atoms with Gasteiger partial charge in [-0.3, -0.25) is 0 Å². The van der Waals surface area contributed by atoms with E-state index in [2.05, 4.69) is 88.0 Å². The molecule has 15 heteroatoms. The quantitative estimate of drug-likeness (QED) is 0.0420. The van der Waals surface area contributed by atoms with E-state index >= 15 is 0 Å². The van der Waals surface area contributed by atoms with Gasteiger partial charge in [-0.2, -0.15) is 0 Å². The molecule has 0 aromatic heterocycles. The zero-order valence-corrected chi connectivity index (χ0v) is 36.2. The van der Waals surface area contributed by atoms with E-state index in [0.29, 0.717) is 152 Å². The van der Waals surface area contributed by atoms with E-state index in [9.17, 15) is 4.79 Å². The summed E-state index contributed by atoms with van der Waals surface area (Å²) in [5.74, 6) is -0.461. The molecule has 0 aliphatic carbocycles. The van der Waals surface area contributed by atoms with Crippen molar-refractivity contribution in [2.75, 3.05) is 159 Å². The molecule has 0 atom stereocenters. The summed E-state index contributed by atoms with van der Waals surface area (Å²) in [7, 11) is -2.55. The summed E-state index contributed by atoms with van der Waals surface area (Å²) in [6, 6.07) is 21.3. The Bertz CT molecular complexity index is 1200. The van der Waals surface area contributed by atoms with Gasteiger partial charge in [-0.25, -0.2) is 4.79 Å². The number of esters is 1. The van der Waals surface area contributed by atoms with Gasteiger partial charge in [0, 0.05) is 6.08 Å². The minimum Gasteiger partial charge on any atom is -0.460 e. The highest BCUT2D eigenvalue weighted by atomic mass is 28.4. The number of benzene rings is 2. The second-order valence-corrected chi connectivity index (χ2v) is 17.9. The molecule has 0 spiro atoms. The highest BCUT2D eigenvalue weighted by molar-refractivity contribution is 6.99. The van der Waals surface area contributed by atoms with E-state index in [1.54, 1.807) is 0 Å². The average Bonchev–Trinajstić information content (AvgIpc) is 3.23. The van der Waals surface area contributed by atoms with Gasteiger partial charge in [-0.05, 0) is 15.4 Å². The molecular formula is C43H70O14Si. The van der Waals surface area contributed by atoms with E-state index in [4.69, 9.17) is 61.3 Å². The Hall–Kier alpha value is -2.61. The summed E-state index contributed by atoms with van der Waals surface area (Å²) in [5, 5.41) is 2.46. The van der Waals surface area contributed by atoms with E-state index < -0.39 is 14.3 Å². The SMILES string of the molecule is C=CC(=O)OCCOCCOCCOCCOCCOCCOCCOCCOCCOCCOCCOCCO[Si](c1ccccc1)(c1ccccc1)C(C)(C)C. The number of ether oxygens (including phenoxy) is 12. The molecule has 0 heterocycles. The fourth-order valence-electron chi connectivity index (χ4n) is 5.58. The largest absolute Gasteiger partial charge is 0.460 e. The Labute approximate surface area is 347 Å². The van der Waals surface area contributed by atoms with Gasteiger partial charge in [0.2, 0.25) is 0 Å². The molecule has 14 nitrogen and oxygen atoms in total. The summed E-state index contributed by atoms with van der Waals surface area (Å²) in [6.07, 6.45) is 1.12. The zero-order valence-electron chi connectivity index (χ0n) is 35.2. The van der Waals surface area contributed by atoms with Gasteiger partial charge in [0.1, 0.15) is 6.61 Å². The molecule has 0 saturated carbocycles. The molecule has 58 heavy (non-hydrogen) atoms. The number of rotatable bonds is 40. The first-order valence-corrected chi connectivity index (χ1v) is 22.2. The van der Waals surface area contributed by atoms with Crippen LogP contribution in [0.2, 0.25) is 5.04 Å². The van der Waals surface area contributed by atoms with E-state index in [0.717, 1.165) is 6.08 Å². The van der Waals surface area contributed by atoms with Gasteiger partial charge in [-0.1, -0.05) is 88.0 Å². The highest BCUT2D eigenvalue weighted by Crippen LogP contribution is 2.36. The molecule has 0 saturated heterocycles. The second-order valence-electron chi connectivity index (χ2n) is 13.6. The summed E-state index contributed by atoms with van der Waals surface area (Å²) in [6.45, 7) is 21.3. The van der Waals surface area contributed by atoms with Crippen LogP contribution in [0.25, 0.3) is 0 Å². The van der Waals surface area contributed by atoms with Crippen molar-refractivity contribution in [3.63, 3.8) is 0 Å². The minimum absolute atomic E-state index is 0.0620. The molecule has 0 amide bonds. The van der Waals surface area contributed by atoms with Crippen LogP contribution in [0.15, 0.2) is 73.3 Å². The van der Waals surface area contributed by atoms with Crippen LogP contribution in [0.3, 0.4) is 0 Å². The molecule has 2 rings (SSSR count). The number of carbonyl (C=O) groups is 1. The zero-order chi connectivity index (χ0) is 41.7.